The Morgan fingerprint density at radius 2 is 1.68 bits per heavy atom. The zero-order valence-corrected chi connectivity index (χ0v) is 14.7. The van der Waals surface area contributed by atoms with Crippen LogP contribution in [0.15, 0.2) is 60.7 Å². The first-order chi connectivity index (χ1) is 12.1. The van der Waals surface area contributed by atoms with Crippen molar-refractivity contribution in [3.63, 3.8) is 0 Å². The Labute approximate surface area is 155 Å². The summed E-state index contributed by atoms with van der Waals surface area (Å²) in [6.07, 6.45) is -0.583. The van der Waals surface area contributed by atoms with Crippen LogP contribution in [0.2, 0.25) is 10.0 Å². The van der Waals surface area contributed by atoms with Gasteiger partial charge in [-0.3, -0.25) is 5.32 Å². The highest BCUT2D eigenvalue weighted by atomic mass is 35.5. The zero-order valence-electron chi connectivity index (χ0n) is 13.2. The maximum atomic E-state index is 11.7. The van der Waals surface area contributed by atoms with Crippen molar-refractivity contribution in [3.05, 3.63) is 70.7 Å². The summed E-state index contributed by atoms with van der Waals surface area (Å²) in [6, 6.07) is 18.6. The van der Waals surface area contributed by atoms with E-state index in [2.05, 4.69) is 5.32 Å². The summed E-state index contributed by atoms with van der Waals surface area (Å²) < 4.78 is 10.7. The monoisotopic (exact) mass is 375 g/mol. The lowest BCUT2D eigenvalue weighted by molar-refractivity contribution is 0.138. The van der Waals surface area contributed by atoms with Crippen LogP contribution in [0.3, 0.4) is 0 Å². The number of hydrogen-bond donors (Lipinski definition) is 1. The van der Waals surface area contributed by atoms with Crippen molar-refractivity contribution in [1.82, 2.24) is 0 Å². The van der Waals surface area contributed by atoms with Gasteiger partial charge in [-0.15, -0.1) is 0 Å². The number of amides is 1. The van der Waals surface area contributed by atoms with Crippen LogP contribution in [0.1, 0.15) is 0 Å². The molecule has 0 aliphatic rings. The van der Waals surface area contributed by atoms with Gasteiger partial charge in [0.05, 0.1) is 10.0 Å². The highest BCUT2D eigenvalue weighted by Crippen LogP contribution is 2.25. The Kier molecular flexibility index (Phi) is 5.64. The number of halogens is 2. The fourth-order valence-corrected chi connectivity index (χ4v) is 2.58. The fraction of sp³-hybridized carbons (Fsp3) is 0.105. The number of anilines is 1. The van der Waals surface area contributed by atoms with Gasteiger partial charge >= 0.3 is 6.09 Å². The quantitative estimate of drug-likeness (QED) is 0.575. The third-order valence-electron chi connectivity index (χ3n) is 3.47. The first-order valence-electron chi connectivity index (χ1n) is 7.62. The number of carbonyl (C=O) groups excluding carboxylic acids is 1. The molecule has 4 nitrogen and oxygen atoms in total. The van der Waals surface area contributed by atoms with Crippen LogP contribution in [0.25, 0.3) is 10.8 Å². The molecule has 0 aliphatic heterocycles. The van der Waals surface area contributed by atoms with Gasteiger partial charge in [0.1, 0.15) is 19.0 Å². The van der Waals surface area contributed by atoms with Crippen LogP contribution in [0.4, 0.5) is 10.5 Å². The molecule has 3 aromatic rings. The lowest BCUT2D eigenvalue weighted by Crippen LogP contribution is -2.17. The molecular formula is C19H15Cl2NO3. The highest BCUT2D eigenvalue weighted by Gasteiger charge is 2.05. The van der Waals surface area contributed by atoms with E-state index >= 15 is 0 Å². The number of ether oxygens (including phenoxy) is 2. The largest absolute Gasteiger partial charge is 0.490 e. The van der Waals surface area contributed by atoms with Crippen LogP contribution in [-0.4, -0.2) is 19.3 Å². The molecule has 0 spiro atoms. The number of hydrogen-bond acceptors (Lipinski definition) is 3. The molecule has 128 valence electrons. The number of rotatable bonds is 5. The maximum Gasteiger partial charge on any atom is 0.411 e. The van der Waals surface area contributed by atoms with Gasteiger partial charge in [0.2, 0.25) is 0 Å². The van der Waals surface area contributed by atoms with Crippen molar-refractivity contribution < 1.29 is 14.3 Å². The van der Waals surface area contributed by atoms with E-state index < -0.39 is 6.09 Å². The Balaban J connectivity index is 1.45. The topological polar surface area (TPSA) is 47.6 Å². The molecule has 0 atom stereocenters. The standard InChI is InChI=1S/C19H15Cl2NO3/c20-17-8-6-15(12-18(17)21)22-19(23)25-10-9-24-16-7-5-13-3-1-2-4-14(13)11-16/h1-8,11-12H,9-10H2,(H,22,23). The molecule has 1 amide bonds. The molecule has 3 aromatic carbocycles. The van der Waals surface area contributed by atoms with Crippen LogP contribution in [0, 0.1) is 0 Å². The van der Waals surface area contributed by atoms with E-state index in [0.717, 1.165) is 16.5 Å². The molecule has 0 radical (unpaired) electrons. The average molecular weight is 376 g/mol. The fourth-order valence-electron chi connectivity index (χ4n) is 2.28. The van der Waals surface area contributed by atoms with E-state index in [1.54, 1.807) is 18.2 Å². The molecule has 0 saturated carbocycles. The molecule has 25 heavy (non-hydrogen) atoms. The van der Waals surface area contributed by atoms with Gasteiger partial charge < -0.3 is 9.47 Å². The second-order valence-corrected chi connectivity index (χ2v) is 6.06. The minimum atomic E-state index is -0.583. The minimum absolute atomic E-state index is 0.125. The molecule has 0 fully saturated rings. The van der Waals surface area contributed by atoms with Crippen LogP contribution < -0.4 is 10.1 Å². The summed E-state index contributed by atoms with van der Waals surface area (Å²) in [6.45, 7) is 0.382. The molecule has 0 aromatic heterocycles. The predicted molar refractivity (Wildman–Crippen MR) is 101 cm³/mol. The molecule has 0 saturated heterocycles. The van der Waals surface area contributed by atoms with Crippen molar-refractivity contribution in [2.75, 3.05) is 18.5 Å². The van der Waals surface area contributed by atoms with Gasteiger partial charge in [0, 0.05) is 5.69 Å². The number of carbonyl (C=O) groups is 1. The molecule has 3 rings (SSSR count). The average Bonchev–Trinajstić information content (AvgIpc) is 2.62. The molecule has 0 bridgehead atoms. The van der Waals surface area contributed by atoms with E-state index in [4.69, 9.17) is 32.7 Å². The Morgan fingerprint density at radius 3 is 2.48 bits per heavy atom. The Morgan fingerprint density at radius 1 is 0.880 bits per heavy atom. The number of fused-ring (bicyclic) bond motifs is 1. The Hall–Kier alpha value is -2.43. The second kappa shape index (κ2) is 8.10. The van der Waals surface area contributed by atoms with E-state index in [-0.39, 0.29) is 13.2 Å². The van der Waals surface area contributed by atoms with E-state index in [1.807, 2.05) is 42.5 Å². The Bertz CT molecular complexity index is 899. The molecule has 0 heterocycles. The van der Waals surface area contributed by atoms with Crippen molar-refractivity contribution >= 4 is 45.8 Å². The lowest BCUT2D eigenvalue weighted by Gasteiger charge is -2.09. The third-order valence-corrected chi connectivity index (χ3v) is 4.21. The van der Waals surface area contributed by atoms with Gasteiger partial charge in [-0.05, 0) is 41.1 Å². The minimum Gasteiger partial charge on any atom is -0.490 e. The molecule has 0 aliphatic carbocycles. The molecular weight excluding hydrogens is 361 g/mol. The first-order valence-corrected chi connectivity index (χ1v) is 8.38. The lowest BCUT2D eigenvalue weighted by atomic mass is 10.1. The summed E-state index contributed by atoms with van der Waals surface area (Å²) in [5.41, 5.74) is 0.509. The van der Waals surface area contributed by atoms with Crippen molar-refractivity contribution in [2.24, 2.45) is 0 Å². The van der Waals surface area contributed by atoms with Crippen molar-refractivity contribution in [3.8, 4) is 5.75 Å². The SMILES string of the molecule is O=C(Nc1ccc(Cl)c(Cl)c1)OCCOc1ccc2ccccc2c1. The van der Waals surface area contributed by atoms with Gasteiger partial charge in [-0.2, -0.15) is 0 Å². The van der Waals surface area contributed by atoms with E-state index in [9.17, 15) is 4.79 Å². The van der Waals surface area contributed by atoms with Gasteiger partial charge in [0.25, 0.3) is 0 Å². The van der Waals surface area contributed by atoms with Gasteiger partial charge in [-0.1, -0.05) is 53.5 Å². The maximum absolute atomic E-state index is 11.7. The summed E-state index contributed by atoms with van der Waals surface area (Å²) >= 11 is 11.7. The normalized spacial score (nSPS) is 10.5. The third kappa shape index (κ3) is 4.78. The van der Waals surface area contributed by atoms with Crippen molar-refractivity contribution in [1.29, 1.82) is 0 Å². The van der Waals surface area contributed by atoms with E-state index in [0.29, 0.717) is 15.7 Å². The summed E-state index contributed by atoms with van der Waals surface area (Å²) in [5.74, 6) is 0.729. The van der Waals surface area contributed by atoms with Gasteiger partial charge in [-0.25, -0.2) is 4.79 Å². The van der Waals surface area contributed by atoms with Crippen molar-refractivity contribution in [2.45, 2.75) is 0 Å². The summed E-state index contributed by atoms with van der Waals surface area (Å²) in [4.78, 5) is 11.7. The van der Waals surface area contributed by atoms with Gasteiger partial charge in [0.15, 0.2) is 0 Å². The summed E-state index contributed by atoms with van der Waals surface area (Å²) in [7, 11) is 0. The smallest absolute Gasteiger partial charge is 0.411 e. The second-order valence-electron chi connectivity index (χ2n) is 5.25. The van der Waals surface area contributed by atoms with Crippen LogP contribution in [-0.2, 0) is 4.74 Å². The predicted octanol–water partition coefficient (Wildman–Crippen LogP) is 5.77. The molecule has 0 unspecified atom stereocenters. The molecule has 1 N–H and O–H groups in total. The molecule has 6 heteroatoms. The van der Waals surface area contributed by atoms with Crippen LogP contribution in [0.5, 0.6) is 5.75 Å². The number of benzene rings is 3. The summed E-state index contributed by atoms with van der Waals surface area (Å²) in [5, 5.41) is 5.60. The first kappa shape index (κ1) is 17.4. The zero-order chi connectivity index (χ0) is 17.6. The highest BCUT2D eigenvalue weighted by molar-refractivity contribution is 6.42. The number of nitrogens with one attached hydrogen (secondary N) is 1. The van der Waals surface area contributed by atoms with Crippen LogP contribution >= 0.6 is 23.2 Å². The van der Waals surface area contributed by atoms with E-state index in [1.165, 1.54) is 0 Å².